The molecular formula is C20H34IN3O2. The standard InChI is InChI=1S/C20H33N3O2.HI/c1-4-21-20(23(3)15-18-10-8-17(2)9-11-18)22-12-6-13-24-16-19-7-5-14-25-19;/h8-11,19H,4-7,12-16H2,1-3H3,(H,21,22);1H. The van der Waals surface area contributed by atoms with Gasteiger partial charge in [0.1, 0.15) is 0 Å². The van der Waals surface area contributed by atoms with E-state index in [0.717, 1.165) is 64.7 Å². The third kappa shape index (κ3) is 8.68. The van der Waals surface area contributed by atoms with E-state index in [2.05, 4.69) is 55.4 Å². The molecule has 5 nitrogen and oxygen atoms in total. The van der Waals surface area contributed by atoms with Crippen molar-refractivity contribution in [3.63, 3.8) is 0 Å². The molecule has 1 fully saturated rings. The number of ether oxygens (including phenoxy) is 2. The predicted molar refractivity (Wildman–Crippen MR) is 118 cm³/mol. The summed E-state index contributed by atoms with van der Waals surface area (Å²) in [5.41, 5.74) is 2.58. The zero-order chi connectivity index (χ0) is 17.9. The van der Waals surface area contributed by atoms with Crippen LogP contribution in [0, 0.1) is 6.92 Å². The quantitative estimate of drug-likeness (QED) is 0.257. The Morgan fingerprint density at radius 3 is 2.77 bits per heavy atom. The zero-order valence-electron chi connectivity index (χ0n) is 16.4. The molecule has 2 rings (SSSR count). The highest BCUT2D eigenvalue weighted by Gasteiger charge is 2.14. The monoisotopic (exact) mass is 475 g/mol. The summed E-state index contributed by atoms with van der Waals surface area (Å²) in [6, 6.07) is 8.65. The number of rotatable bonds is 9. The smallest absolute Gasteiger partial charge is 0.193 e. The summed E-state index contributed by atoms with van der Waals surface area (Å²) in [5.74, 6) is 0.946. The van der Waals surface area contributed by atoms with Crippen LogP contribution in [0.3, 0.4) is 0 Å². The highest BCUT2D eigenvalue weighted by atomic mass is 127. The maximum Gasteiger partial charge on any atom is 0.193 e. The van der Waals surface area contributed by atoms with Gasteiger partial charge in [-0.25, -0.2) is 0 Å². The summed E-state index contributed by atoms with van der Waals surface area (Å²) in [5, 5.41) is 3.36. The summed E-state index contributed by atoms with van der Waals surface area (Å²) in [6.45, 7) is 9.04. The number of benzene rings is 1. The van der Waals surface area contributed by atoms with Crippen LogP contribution in [0.1, 0.15) is 37.3 Å². The van der Waals surface area contributed by atoms with Crippen molar-refractivity contribution in [1.82, 2.24) is 10.2 Å². The number of hydrogen-bond donors (Lipinski definition) is 1. The van der Waals surface area contributed by atoms with Gasteiger partial charge in [0.05, 0.1) is 12.7 Å². The lowest BCUT2D eigenvalue weighted by molar-refractivity contribution is 0.0170. The van der Waals surface area contributed by atoms with E-state index in [-0.39, 0.29) is 24.0 Å². The van der Waals surface area contributed by atoms with Crippen molar-refractivity contribution in [2.45, 2.75) is 45.8 Å². The van der Waals surface area contributed by atoms with Crippen LogP contribution in [-0.2, 0) is 16.0 Å². The van der Waals surface area contributed by atoms with Crippen molar-refractivity contribution < 1.29 is 9.47 Å². The van der Waals surface area contributed by atoms with Crippen LogP contribution in [0.4, 0.5) is 0 Å². The number of guanidine groups is 1. The molecule has 6 heteroatoms. The first-order valence-corrected chi connectivity index (χ1v) is 9.43. The predicted octanol–water partition coefficient (Wildman–Crippen LogP) is 3.60. The van der Waals surface area contributed by atoms with E-state index in [9.17, 15) is 0 Å². The molecule has 0 saturated carbocycles. The fourth-order valence-electron chi connectivity index (χ4n) is 2.85. The van der Waals surface area contributed by atoms with Gasteiger partial charge in [0.2, 0.25) is 0 Å². The third-order valence-corrected chi connectivity index (χ3v) is 4.27. The molecule has 148 valence electrons. The van der Waals surface area contributed by atoms with E-state index < -0.39 is 0 Å². The molecule has 1 aliphatic rings. The highest BCUT2D eigenvalue weighted by Crippen LogP contribution is 2.12. The molecule has 0 aromatic heterocycles. The summed E-state index contributed by atoms with van der Waals surface area (Å²) < 4.78 is 11.3. The topological polar surface area (TPSA) is 46.1 Å². The van der Waals surface area contributed by atoms with Crippen LogP contribution in [-0.4, -0.2) is 56.9 Å². The van der Waals surface area contributed by atoms with Crippen LogP contribution in [0.15, 0.2) is 29.3 Å². The van der Waals surface area contributed by atoms with Crippen LogP contribution in [0.2, 0.25) is 0 Å². The minimum absolute atomic E-state index is 0. The van der Waals surface area contributed by atoms with E-state index in [1.807, 2.05) is 0 Å². The SMILES string of the molecule is CCNC(=NCCCOCC1CCCO1)N(C)Cc1ccc(C)cc1.I. The van der Waals surface area contributed by atoms with E-state index in [1.165, 1.54) is 11.1 Å². The minimum atomic E-state index is 0. The van der Waals surface area contributed by atoms with Crippen molar-refractivity contribution in [3.8, 4) is 0 Å². The van der Waals surface area contributed by atoms with Crippen molar-refractivity contribution >= 4 is 29.9 Å². The summed E-state index contributed by atoms with van der Waals surface area (Å²) in [4.78, 5) is 6.88. The first-order valence-electron chi connectivity index (χ1n) is 9.43. The van der Waals surface area contributed by atoms with Gasteiger partial charge in [0.15, 0.2) is 5.96 Å². The lowest BCUT2D eigenvalue weighted by Crippen LogP contribution is -2.38. The molecule has 0 bridgehead atoms. The molecule has 1 aromatic carbocycles. The minimum Gasteiger partial charge on any atom is -0.379 e. The van der Waals surface area contributed by atoms with Crippen LogP contribution in [0.5, 0.6) is 0 Å². The number of nitrogens with zero attached hydrogens (tertiary/aromatic N) is 2. The lowest BCUT2D eigenvalue weighted by atomic mass is 10.1. The molecule has 26 heavy (non-hydrogen) atoms. The molecule has 1 N–H and O–H groups in total. The van der Waals surface area contributed by atoms with Gasteiger partial charge in [-0.2, -0.15) is 0 Å². The van der Waals surface area contributed by atoms with Gasteiger partial charge in [0.25, 0.3) is 0 Å². The normalized spacial score (nSPS) is 17.0. The second-order valence-electron chi connectivity index (χ2n) is 6.64. The Morgan fingerprint density at radius 2 is 2.12 bits per heavy atom. The molecule has 1 heterocycles. The Morgan fingerprint density at radius 1 is 1.35 bits per heavy atom. The van der Waals surface area contributed by atoms with Gasteiger partial charge in [-0.15, -0.1) is 24.0 Å². The molecule has 1 aromatic rings. The summed E-state index contributed by atoms with van der Waals surface area (Å²) in [6.07, 6.45) is 3.53. The second kappa shape index (κ2) is 13.3. The zero-order valence-corrected chi connectivity index (χ0v) is 18.7. The second-order valence-corrected chi connectivity index (χ2v) is 6.64. The largest absolute Gasteiger partial charge is 0.379 e. The lowest BCUT2D eigenvalue weighted by Gasteiger charge is -2.22. The van der Waals surface area contributed by atoms with Crippen molar-refractivity contribution in [3.05, 3.63) is 35.4 Å². The molecule has 0 spiro atoms. The van der Waals surface area contributed by atoms with Crippen LogP contribution < -0.4 is 5.32 Å². The molecule has 0 radical (unpaired) electrons. The Bertz CT molecular complexity index is 516. The van der Waals surface area contributed by atoms with Gasteiger partial charge in [0, 0.05) is 39.9 Å². The van der Waals surface area contributed by atoms with Crippen molar-refractivity contribution in [2.75, 3.05) is 40.0 Å². The number of halogens is 1. The highest BCUT2D eigenvalue weighted by molar-refractivity contribution is 14.0. The Hall–Kier alpha value is -0.860. The van der Waals surface area contributed by atoms with Gasteiger partial charge in [-0.3, -0.25) is 4.99 Å². The number of aryl methyl sites for hydroxylation is 1. The van der Waals surface area contributed by atoms with Gasteiger partial charge >= 0.3 is 0 Å². The molecule has 1 atom stereocenters. The van der Waals surface area contributed by atoms with Gasteiger partial charge in [-0.1, -0.05) is 29.8 Å². The maximum absolute atomic E-state index is 5.70. The molecular weight excluding hydrogens is 441 g/mol. The Kier molecular flexibility index (Phi) is 11.9. The number of nitrogens with one attached hydrogen (secondary N) is 1. The summed E-state index contributed by atoms with van der Waals surface area (Å²) >= 11 is 0. The number of hydrogen-bond acceptors (Lipinski definition) is 3. The van der Waals surface area contributed by atoms with E-state index in [1.54, 1.807) is 0 Å². The molecule has 1 saturated heterocycles. The number of aliphatic imine (C=N–C) groups is 1. The molecule has 1 aliphatic heterocycles. The fourth-order valence-corrected chi connectivity index (χ4v) is 2.85. The van der Waals surface area contributed by atoms with Crippen molar-refractivity contribution in [2.24, 2.45) is 4.99 Å². The van der Waals surface area contributed by atoms with Crippen LogP contribution >= 0.6 is 24.0 Å². The Balaban J connectivity index is 0.00000338. The molecule has 0 amide bonds. The molecule has 0 aliphatic carbocycles. The van der Waals surface area contributed by atoms with E-state index >= 15 is 0 Å². The van der Waals surface area contributed by atoms with E-state index in [4.69, 9.17) is 14.5 Å². The van der Waals surface area contributed by atoms with Crippen LogP contribution in [0.25, 0.3) is 0 Å². The van der Waals surface area contributed by atoms with Crippen molar-refractivity contribution in [1.29, 1.82) is 0 Å². The first-order chi connectivity index (χ1) is 12.2. The van der Waals surface area contributed by atoms with Gasteiger partial charge in [-0.05, 0) is 38.7 Å². The first kappa shape index (κ1) is 23.2. The fraction of sp³-hybridized carbons (Fsp3) is 0.650. The van der Waals surface area contributed by atoms with E-state index in [0.29, 0.717) is 6.10 Å². The summed E-state index contributed by atoms with van der Waals surface area (Å²) in [7, 11) is 2.08. The average molecular weight is 475 g/mol. The third-order valence-electron chi connectivity index (χ3n) is 4.27. The maximum atomic E-state index is 5.70. The van der Waals surface area contributed by atoms with Gasteiger partial charge < -0.3 is 19.7 Å². The molecule has 1 unspecified atom stereocenters. The Labute approximate surface area is 175 Å². The average Bonchev–Trinajstić information content (AvgIpc) is 3.12.